The summed E-state index contributed by atoms with van der Waals surface area (Å²) in [7, 11) is 0. The highest BCUT2D eigenvalue weighted by molar-refractivity contribution is 5.79. The SMILES string of the molecule is C#CCC(CC)NC(=O)C(C)C1CNC1. The summed E-state index contributed by atoms with van der Waals surface area (Å²) < 4.78 is 0. The largest absolute Gasteiger partial charge is 0.352 e. The smallest absolute Gasteiger partial charge is 0.223 e. The summed E-state index contributed by atoms with van der Waals surface area (Å²) in [6.45, 7) is 5.95. The standard InChI is InChI=1S/C12H20N2O/c1-4-6-11(5-2)14-12(15)9(3)10-7-13-8-10/h1,9-11,13H,5-8H2,2-3H3,(H,14,15). The highest BCUT2D eigenvalue weighted by Crippen LogP contribution is 2.16. The molecule has 1 fully saturated rings. The Bertz CT molecular complexity index is 253. The number of rotatable bonds is 5. The Hall–Kier alpha value is -1.01. The van der Waals surface area contributed by atoms with Crippen molar-refractivity contribution in [2.45, 2.75) is 32.7 Å². The Balaban J connectivity index is 2.35. The van der Waals surface area contributed by atoms with E-state index in [2.05, 4.69) is 16.6 Å². The lowest BCUT2D eigenvalue weighted by molar-refractivity contribution is -0.127. The van der Waals surface area contributed by atoms with Gasteiger partial charge in [0, 0.05) is 18.4 Å². The third-order valence-corrected chi connectivity index (χ3v) is 3.14. The van der Waals surface area contributed by atoms with Gasteiger partial charge in [-0.3, -0.25) is 4.79 Å². The van der Waals surface area contributed by atoms with E-state index < -0.39 is 0 Å². The highest BCUT2D eigenvalue weighted by atomic mass is 16.1. The molecule has 0 spiro atoms. The van der Waals surface area contributed by atoms with Gasteiger partial charge in [0.2, 0.25) is 5.91 Å². The summed E-state index contributed by atoms with van der Waals surface area (Å²) in [5.74, 6) is 3.32. The Morgan fingerprint density at radius 1 is 1.67 bits per heavy atom. The van der Waals surface area contributed by atoms with Crippen molar-refractivity contribution in [1.82, 2.24) is 10.6 Å². The molecule has 0 aromatic rings. The van der Waals surface area contributed by atoms with Gasteiger partial charge in [0.15, 0.2) is 0 Å². The lowest BCUT2D eigenvalue weighted by Crippen LogP contribution is -2.50. The second-order valence-corrected chi connectivity index (χ2v) is 4.23. The van der Waals surface area contributed by atoms with Crippen molar-refractivity contribution >= 4 is 5.91 Å². The van der Waals surface area contributed by atoms with Gasteiger partial charge in [0.1, 0.15) is 0 Å². The normalized spacial score (nSPS) is 19.8. The van der Waals surface area contributed by atoms with Gasteiger partial charge >= 0.3 is 0 Å². The van der Waals surface area contributed by atoms with Crippen LogP contribution in [0.2, 0.25) is 0 Å². The van der Waals surface area contributed by atoms with Crippen LogP contribution < -0.4 is 10.6 Å². The van der Waals surface area contributed by atoms with Crippen LogP contribution in [0.25, 0.3) is 0 Å². The minimum absolute atomic E-state index is 0.0954. The minimum atomic E-state index is 0.0954. The molecule has 0 radical (unpaired) electrons. The molecule has 2 N–H and O–H groups in total. The number of terminal acetylenes is 1. The molecule has 3 heteroatoms. The van der Waals surface area contributed by atoms with E-state index in [0.717, 1.165) is 19.5 Å². The monoisotopic (exact) mass is 208 g/mol. The first-order valence-electron chi connectivity index (χ1n) is 5.63. The zero-order valence-corrected chi connectivity index (χ0v) is 9.55. The van der Waals surface area contributed by atoms with Crippen LogP contribution in [0.4, 0.5) is 0 Å². The van der Waals surface area contributed by atoms with Crippen LogP contribution in [-0.4, -0.2) is 25.0 Å². The topological polar surface area (TPSA) is 41.1 Å². The van der Waals surface area contributed by atoms with Crippen LogP contribution in [0.3, 0.4) is 0 Å². The Labute approximate surface area is 92.0 Å². The molecule has 0 aromatic heterocycles. The molecule has 1 rings (SSSR count). The average Bonchev–Trinajstić information content (AvgIpc) is 2.14. The molecule has 1 aliphatic heterocycles. The molecule has 3 nitrogen and oxygen atoms in total. The zero-order valence-electron chi connectivity index (χ0n) is 9.55. The number of nitrogens with one attached hydrogen (secondary N) is 2. The summed E-state index contributed by atoms with van der Waals surface area (Å²) in [4.78, 5) is 11.8. The maximum atomic E-state index is 11.8. The second-order valence-electron chi connectivity index (χ2n) is 4.23. The van der Waals surface area contributed by atoms with Crippen molar-refractivity contribution < 1.29 is 4.79 Å². The van der Waals surface area contributed by atoms with Gasteiger partial charge in [-0.2, -0.15) is 0 Å². The molecule has 15 heavy (non-hydrogen) atoms. The Morgan fingerprint density at radius 2 is 2.33 bits per heavy atom. The van der Waals surface area contributed by atoms with Crippen molar-refractivity contribution in [3.63, 3.8) is 0 Å². The van der Waals surface area contributed by atoms with Gasteiger partial charge in [-0.15, -0.1) is 12.3 Å². The van der Waals surface area contributed by atoms with Crippen molar-refractivity contribution in [3.05, 3.63) is 0 Å². The van der Waals surface area contributed by atoms with Gasteiger partial charge in [-0.25, -0.2) is 0 Å². The lowest BCUT2D eigenvalue weighted by atomic mass is 9.88. The van der Waals surface area contributed by atoms with Gasteiger partial charge in [-0.05, 0) is 25.4 Å². The van der Waals surface area contributed by atoms with Crippen LogP contribution in [-0.2, 0) is 4.79 Å². The zero-order chi connectivity index (χ0) is 11.3. The Kier molecular flexibility index (Phi) is 4.64. The first-order chi connectivity index (χ1) is 7.19. The molecule has 2 atom stereocenters. The molecular formula is C12H20N2O. The molecule has 1 aliphatic rings. The number of hydrogen-bond acceptors (Lipinski definition) is 2. The van der Waals surface area contributed by atoms with Crippen molar-refractivity contribution in [1.29, 1.82) is 0 Å². The maximum Gasteiger partial charge on any atom is 0.223 e. The first-order valence-corrected chi connectivity index (χ1v) is 5.63. The Morgan fingerprint density at radius 3 is 2.73 bits per heavy atom. The van der Waals surface area contributed by atoms with Gasteiger partial charge in [0.05, 0.1) is 0 Å². The number of carbonyl (C=O) groups is 1. The van der Waals surface area contributed by atoms with E-state index in [1.165, 1.54) is 0 Å². The fourth-order valence-electron chi connectivity index (χ4n) is 1.65. The van der Waals surface area contributed by atoms with Crippen molar-refractivity contribution in [2.75, 3.05) is 13.1 Å². The minimum Gasteiger partial charge on any atom is -0.352 e. The van der Waals surface area contributed by atoms with E-state index in [-0.39, 0.29) is 17.9 Å². The molecule has 0 bridgehead atoms. The summed E-state index contributed by atoms with van der Waals surface area (Å²) in [6, 6.07) is 0.137. The van der Waals surface area contributed by atoms with Crippen LogP contribution in [0.15, 0.2) is 0 Å². The van der Waals surface area contributed by atoms with E-state index in [9.17, 15) is 4.79 Å². The third kappa shape index (κ3) is 3.24. The second kappa shape index (κ2) is 5.77. The lowest BCUT2D eigenvalue weighted by Gasteiger charge is -2.32. The van der Waals surface area contributed by atoms with E-state index in [4.69, 9.17) is 6.42 Å². The molecule has 1 heterocycles. The third-order valence-electron chi connectivity index (χ3n) is 3.14. The molecule has 0 aliphatic carbocycles. The highest BCUT2D eigenvalue weighted by Gasteiger charge is 2.29. The van der Waals surface area contributed by atoms with Crippen molar-refractivity contribution in [3.8, 4) is 12.3 Å². The van der Waals surface area contributed by atoms with E-state index in [0.29, 0.717) is 12.3 Å². The van der Waals surface area contributed by atoms with Gasteiger partial charge in [-0.1, -0.05) is 13.8 Å². The van der Waals surface area contributed by atoms with Gasteiger partial charge < -0.3 is 10.6 Å². The van der Waals surface area contributed by atoms with Gasteiger partial charge in [0.25, 0.3) is 0 Å². The molecular weight excluding hydrogens is 188 g/mol. The maximum absolute atomic E-state index is 11.8. The number of carbonyl (C=O) groups excluding carboxylic acids is 1. The average molecular weight is 208 g/mol. The fraction of sp³-hybridized carbons (Fsp3) is 0.750. The van der Waals surface area contributed by atoms with Crippen LogP contribution in [0.1, 0.15) is 26.7 Å². The summed E-state index contributed by atoms with van der Waals surface area (Å²) in [5, 5.41) is 6.18. The molecule has 1 amide bonds. The first kappa shape index (κ1) is 12.1. The molecule has 0 aromatic carbocycles. The predicted octanol–water partition coefficient (Wildman–Crippen LogP) is 0.760. The summed E-state index contributed by atoms with van der Waals surface area (Å²) >= 11 is 0. The van der Waals surface area contributed by atoms with E-state index in [1.54, 1.807) is 0 Å². The van der Waals surface area contributed by atoms with E-state index in [1.807, 2.05) is 13.8 Å². The molecule has 1 saturated heterocycles. The van der Waals surface area contributed by atoms with Crippen molar-refractivity contribution in [2.24, 2.45) is 11.8 Å². The molecule has 84 valence electrons. The number of amides is 1. The number of hydrogen-bond donors (Lipinski definition) is 2. The van der Waals surface area contributed by atoms with E-state index >= 15 is 0 Å². The molecule has 2 unspecified atom stereocenters. The van der Waals surface area contributed by atoms with Crippen LogP contribution >= 0.6 is 0 Å². The summed E-state index contributed by atoms with van der Waals surface area (Å²) in [6.07, 6.45) is 6.76. The summed E-state index contributed by atoms with van der Waals surface area (Å²) in [5.41, 5.74) is 0. The molecule has 0 saturated carbocycles. The van der Waals surface area contributed by atoms with Crippen LogP contribution in [0, 0.1) is 24.2 Å². The predicted molar refractivity (Wildman–Crippen MR) is 61.2 cm³/mol. The van der Waals surface area contributed by atoms with Crippen LogP contribution in [0.5, 0.6) is 0 Å². The fourth-order valence-corrected chi connectivity index (χ4v) is 1.65. The quantitative estimate of drug-likeness (QED) is 0.655.